The molecule has 0 saturated carbocycles. The molecule has 6 nitrogen and oxygen atoms in total. The van der Waals surface area contributed by atoms with E-state index in [-0.39, 0.29) is 18.7 Å². The van der Waals surface area contributed by atoms with Gasteiger partial charge in [0.15, 0.2) is 0 Å². The quantitative estimate of drug-likeness (QED) is 0.863. The van der Waals surface area contributed by atoms with Crippen molar-refractivity contribution in [2.75, 3.05) is 19.6 Å². The van der Waals surface area contributed by atoms with Crippen molar-refractivity contribution in [2.45, 2.75) is 25.9 Å². The van der Waals surface area contributed by atoms with Crippen LogP contribution in [-0.2, 0) is 4.79 Å². The molecule has 1 aliphatic heterocycles. The number of piperidine rings is 1. The number of aliphatic carboxylic acids is 1. The topological polar surface area (TPSA) is 78.9 Å². The molecule has 0 bridgehead atoms. The Labute approximate surface area is 140 Å². The Balaban J connectivity index is 1.77. The van der Waals surface area contributed by atoms with E-state index in [0.717, 1.165) is 0 Å². The van der Waals surface area contributed by atoms with Gasteiger partial charge in [-0.05, 0) is 44.0 Å². The minimum atomic E-state index is -0.845. The molecule has 2 rings (SSSR count). The highest BCUT2D eigenvalue weighted by molar-refractivity contribution is 6.30. The minimum absolute atomic E-state index is 0.208. The van der Waals surface area contributed by atoms with Crippen LogP contribution in [0.3, 0.4) is 0 Å². The highest BCUT2D eigenvalue weighted by atomic mass is 35.5. The third-order valence-electron chi connectivity index (χ3n) is 3.75. The summed E-state index contributed by atoms with van der Waals surface area (Å²) in [5.41, 5.74) is 0. The Kier molecular flexibility index (Phi) is 6.10. The number of urea groups is 1. The van der Waals surface area contributed by atoms with Crippen molar-refractivity contribution in [1.82, 2.24) is 10.2 Å². The number of rotatable bonds is 5. The van der Waals surface area contributed by atoms with Crippen LogP contribution in [0.15, 0.2) is 24.3 Å². The summed E-state index contributed by atoms with van der Waals surface area (Å²) in [5, 5.41) is 12.5. The second kappa shape index (κ2) is 8.06. The van der Waals surface area contributed by atoms with Crippen LogP contribution in [0.1, 0.15) is 19.8 Å². The Morgan fingerprint density at radius 1 is 1.43 bits per heavy atom. The van der Waals surface area contributed by atoms with Crippen molar-refractivity contribution in [3.63, 3.8) is 0 Å². The maximum atomic E-state index is 12.1. The number of benzene rings is 1. The Morgan fingerprint density at radius 3 is 2.78 bits per heavy atom. The van der Waals surface area contributed by atoms with Gasteiger partial charge in [-0.3, -0.25) is 4.79 Å². The van der Waals surface area contributed by atoms with Crippen LogP contribution in [0.2, 0.25) is 5.02 Å². The summed E-state index contributed by atoms with van der Waals surface area (Å²) in [7, 11) is 0. The molecule has 23 heavy (non-hydrogen) atoms. The number of hydrogen-bond acceptors (Lipinski definition) is 3. The van der Waals surface area contributed by atoms with Gasteiger partial charge in [0, 0.05) is 18.1 Å². The fourth-order valence-corrected chi connectivity index (χ4v) is 2.62. The molecule has 1 aromatic rings. The highest BCUT2D eigenvalue weighted by Crippen LogP contribution is 2.18. The number of nitrogens with one attached hydrogen (secondary N) is 1. The molecule has 2 unspecified atom stereocenters. The first kappa shape index (κ1) is 17.4. The molecule has 2 N–H and O–H groups in total. The van der Waals surface area contributed by atoms with Gasteiger partial charge in [-0.25, -0.2) is 4.79 Å². The second-order valence-electron chi connectivity index (χ2n) is 5.69. The Bertz CT molecular complexity index is 550. The molecule has 7 heteroatoms. The van der Waals surface area contributed by atoms with Crippen molar-refractivity contribution in [2.24, 2.45) is 5.92 Å². The van der Waals surface area contributed by atoms with Crippen LogP contribution >= 0.6 is 11.6 Å². The van der Waals surface area contributed by atoms with E-state index in [0.29, 0.717) is 36.7 Å². The van der Waals surface area contributed by atoms with E-state index in [2.05, 4.69) is 5.32 Å². The number of nitrogens with zero attached hydrogens (tertiary/aromatic N) is 1. The highest BCUT2D eigenvalue weighted by Gasteiger charge is 2.28. The van der Waals surface area contributed by atoms with Crippen molar-refractivity contribution in [1.29, 1.82) is 0 Å². The minimum Gasteiger partial charge on any atom is -0.489 e. The van der Waals surface area contributed by atoms with Gasteiger partial charge in [0.05, 0.1) is 12.5 Å². The number of ether oxygens (including phenoxy) is 1. The van der Waals surface area contributed by atoms with Gasteiger partial charge >= 0.3 is 12.0 Å². The van der Waals surface area contributed by atoms with Gasteiger partial charge in [0.25, 0.3) is 0 Å². The maximum Gasteiger partial charge on any atom is 0.317 e. The summed E-state index contributed by atoms with van der Waals surface area (Å²) in [6.07, 6.45) is 1.12. The summed E-state index contributed by atoms with van der Waals surface area (Å²) >= 11 is 5.81. The number of carboxylic acid groups (broad SMARTS) is 1. The lowest BCUT2D eigenvalue weighted by atomic mass is 9.99. The first-order valence-corrected chi connectivity index (χ1v) is 8.01. The van der Waals surface area contributed by atoms with Crippen LogP contribution in [0, 0.1) is 5.92 Å². The average molecular weight is 341 g/mol. The molecule has 1 heterocycles. The van der Waals surface area contributed by atoms with Crippen LogP contribution in [-0.4, -0.2) is 47.7 Å². The number of halogens is 1. The summed E-state index contributed by atoms with van der Waals surface area (Å²) in [6, 6.07) is 6.76. The normalized spacial score (nSPS) is 19.0. The number of hydrogen-bond donors (Lipinski definition) is 2. The predicted molar refractivity (Wildman–Crippen MR) is 86.9 cm³/mol. The molecule has 1 saturated heterocycles. The Morgan fingerprint density at radius 2 is 2.13 bits per heavy atom. The zero-order valence-electron chi connectivity index (χ0n) is 13.0. The molecule has 0 spiro atoms. The summed E-state index contributed by atoms with van der Waals surface area (Å²) < 4.78 is 5.68. The van der Waals surface area contributed by atoms with Gasteiger partial charge in [-0.15, -0.1) is 0 Å². The lowest BCUT2D eigenvalue weighted by Crippen LogP contribution is -2.48. The molecule has 0 radical (unpaired) electrons. The molecule has 1 aliphatic rings. The number of carbonyl (C=O) groups is 2. The number of carboxylic acids is 1. The van der Waals surface area contributed by atoms with Gasteiger partial charge in [0.1, 0.15) is 11.9 Å². The first-order chi connectivity index (χ1) is 11.0. The second-order valence-corrected chi connectivity index (χ2v) is 6.13. The predicted octanol–water partition coefficient (Wildman–Crippen LogP) is 2.61. The maximum absolute atomic E-state index is 12.1. The molecular weight excluding hydrogens is 320 g/mol. The monoisotopic (exact) mass is 340 g/mol. The summed E-state index contributed by atoms with van der Waals surface area (Å²) in [6.45, 7) is 3.04. The lowest BCUT2D eigenvalue weighted by molar-refractivity contribution is -0.143. The van der Waals surface area contributed by atoms with Crippen molar-refractivity contribution in [3.05, 3.63) is 29.3 Å². The van der Waals surface area contributed by atoms with Crippen molar-refractivity contribution in [3.8, 4) is 5.75 Å². The van der Waals surface area contributed by atoms with Crippen LogP contribution < -0.4 is 10.1 Å². The van der Waals surface area contributed by atoms with E-state index in [4.69, 9.17) is 21.4 Å². The van der Waals surface area contributed by atoms with Gasteiger partial charge < -0.3 is 20.1 Å². The van der Waals surface area contributed by atoms with Gasteiger partial charge in [-0.2, -0.15) is 0 Å². The third-order valence-corrected chi connectivity index (χ3v) is 4.00. The SMILES string of the molecule is CC(CNC(=O)N1CCCC(C(=O)O)C1)Oc1ccc(Cl)cc1. The molecule has 0 aliphatic carbocycles. The average Bonchev–Trinajstić information content (AvgIpc) is 2.55. The van der Waals surface area contributed by atoms with Crippen molar-refractivity contribution < 1.29 is 19.4 Å². The largest absolute Gasteiger partial charge is 0.489 e. The van der Waals surface area contributed by atoms with Gasteiger partial charge in [-0.1, -0.05) is 11.6 Å². The van der Waals surface area contributed by atoms with Crippen LogP contribution in [0.4, 0.5) is 4.79 Å². The van der Waals surface area contributed by atoms with Crippen LogP contribution in [0.25, 0.3) is 0 Å². The van der Waals surface area contributed by atoms with Crippen molar-refractivity contribution >= 4 is 23.6 Å². The van der Waals surface area contributed by atoms with E-state index < -0.39 is 11.9 Å². The standard InChI is InChI=1S/C16H21ClN2O4/c1-11(23-14-6-4-13(17)5-7-14)9-18-16(22)19-8-2-3-12(10-19)15(20)21/h4-7,11-12H,2-3,8-10H2,1H3,(H,18,22)(H,20,21). The fraction of sp³-hybridized carbons (Fsp3) is 0.500. The zero-order chi connectivity index (χ0) is 16.8. The first-order valence-electron chi connectivity index (χ1n) is 7.63. The third kappa shape index (κ3) is 5.32. The number of amides is 2. The zero-order valence-corrected chi connectivity index (χ0v) is 13.8. The van der Waals surface area contributed by atoms with Crippen LogP contribution in [0.5, 0.6) is 5.75 Å². The van der Waals surface area contributed by atoms with E-state index >= 15 is 0 Å². The number of likely N-dealkylation sites (tertiary alicyclic amines) is 1. The van der Waals surface area contributed by atoms with E-state index in [9.17, 15) is 9.59 Å². The van der Waals surface area contributed by atoms with E-state index in [1.165, 1.54) is 0 Å². The van der Waals surface area contributed by atoms with E-state index in [1.54, 1.807) is 29.2 Å². The smallest absolute Gasteiger partial charge is 0.317 e. The fourth-order valence-electron chi connectivity index (χ4n) is 2.49. The molecule has 2 atom stereocenters. The molecule has 126 valence electrons. The Hall–Kier alpha value is -1.95. The molecule has 0 aromatic heterocycles. The number of carbonyl (C=O) groups excluding carboxylic acids is 1. The molecule has 2 amide bonds. The lowest BCUT2D eigenvalue weighted by Gasteiger charge is -2.31. The molecule has 1 fully saturated rings. The molecular formula is C16H21ClN2O4. The molecule has 1 aromatic carbocycles. The summed E-state index contributed by atoms with van der Waals surface area (Å²) in [5.74, 6) is -0.640. The van der Waals surface area contributed by atoms with E-state index in [1.807, 2.05) is 6.92 Å². The van der Waals surface area contributed by atoms with Gasteiger partial charge in [0.2, 0.25) is 0 Å². The summed E-state index contributed by atoms with van der Waals surface area (Å²) in [4.78, 5) is 24.7.